The second-order valence-corrected chi connectivity index (χ2v) is 2.77. The van der Waals surface area contributed by atoms with Crippen molar-refractivity contribution in [2.24, 2.45) is 7.05 Å². The van der Waals surface area contributed by atoms with E-state index < -0.39 is 0 Å². The Morgan fingerprint density at radius 1 is 1.42 bits per heavy atom. The molecule has 2 rings (SSSR count). The lowest BCUT2D eigenvalue weighted by Crippen LogP contribution is -1.91. The minimum Gasteiger partial charge on any atom is -0.247 e. The highest BCUT2D eigenvalue weighted by Gasteiger charge is 2.08. The maximum absolute atomic E-state index is 13.1. The number of hydrogen-bond acceptors (Lipinski definition) is 2. The van der Waals surface area contributed by atoms with E-state index in [1.165, 1.54) is 6.07 Å². The van der Waals surface area contributed by atoms with Gasteiger partial charge in [-0.05, 0) is 18.6 Å². The van der Waals surface area contributed by atoms with Gasteiger partial charge in [-0.1, -0.05) is 11.3 Å². The van der Waals surface area contributed by atoms with Crippen LogP contribution in [-0.2, 0) is 7.05 Å². The van der Waals surface area contributed by atoms with E-state index in [4.69, 9.17) is 0 Å². The van der Waals surface area contributed by atoms with Crippen LogP contribution in [0.4, 0.5) is 4.39 Å². The molecule has 62 valence electrons. The zero-order valence-electron chi connectivity index (χ0n) is 6.87. The average molecular weight is 165 g/mol. The molecule has 0 fully saturated rings. The highest BCUT2D eigenvalue weighted by molar-refractivity contribution is 5.78. The van der Waals surface area contributed by atoms with Gasteiger partial charge in [0.2, 0.25) is 0 Å². The predicted molar refractivity (Wildman–Crippen MR) is 43.2 cm³/mol. The Kier molecular flexibility index (Phi) is 1.36. The van der Waals surface area contributed by atoms with Gasteiger partial charge in [0.25, 0.3) is 0 Å². The Balaban J connectivity index is 2.98. The molecule has 0 atom stereocenters. The van der Waals surface area contributed by atoms with E-state index in [1.807, 2.05) is 6.92 Å². The molecule has 4 heteroatoms. The molecule has 1 aromatic heterocycles. The number of aryl methyl sites for hydroxylation is 2. The van der Waals surface area contributed by atoms with E-state index in [-0.39, 0.29) is 5.82 Å². The lowest BCUT2D eigenvalue weighted by molar-refractivity contribution is 0.635. The molecule has 0 radical (unpaired) electrons. The Morgan fingerprint density at radius 3 is 2.83 bits per heavy atom. The van der Waals surface area contributed by atoms with Gasteiger partial charge < -0.3 is 0 Å². The second-order valence-electron chi connectivity index (χ2n) is 2.77. The normalized spacial score (nSPS) is 10.9. The van der Waals surface area contributed by atoms with Crippen LogP contribution >= 0.6 is 0 Å². The van der Waals surface area contributed by atoms with Gasteiger partial charge in [-0.2, -0.15) is 0 Å². The van der Waals surface area contributed by atoms with E-state index in [1.54, 1.807) is 17.8 Å². The summed E-state index contributed by atoms with van der Waals surface area (Å²) in [5, 5.41) is 7.46. The quantitative estimate of drug-likeness (QED) is 0.591. The van der Waals surface area contributed by atoms with Crippen LogP contribution in [0, 0.1) is 12.7 Å². The third-order valence-corrected chi connectivity index (χ3v) is 1.91. The summed E-state index contributed by atoms with van der Waals surface area (Å²) in [5.74, 6) is -0.316. The molecule has 0 unspecified atom stereocenters. The van der Waals surface area contributed by atoms with Crippen LogP contribution in [0.5, 0.6) is 0 Å². The van der Waals surface area contributed by atoms with E-state index in [9.17, 15) is 4.39 Å². The molecule has 0 aliphatic carbocycles. The van der Waals surface area contributed by atoms with Crippen LogP contribution in [0.1, 0.15) is 5.56 Å². The van der Waals surface area contributed by atoms with E-state index >= 15 is 0 Å². The molecule has 0 aliphatic rings. The summed E-state index contributed by atoms with van der Waals surface area (Å²) >= 11 is 0. The van der Waals surface area contributed by atoms with Crippen molar-refractivity contribution in [3.8, 4) is 0 Å². The Morgan fingerprint density at radius 2 is 2.17 bits per heavy atom. The van der Waals surface area contributed by atoms with E-state index in [0.717, 1.165) is 11.1 Å². The van der Waals surface area contributed by atoms with Crippen LogP contribution in [-0.4, -0.2) is 15.0 Å². The first-order valence-electron chi connectivity index (χ1n) is 3.64. The first kappa shape index (κ1) is 7.21. The minimum absolute atomic E-state index is 0.316. The first-order valence-corrected chi connectivity index (χ1v) is 3.64. The lowest BCUT2D eigenvalue weighted by Gasteiger charge is -1.96. The maximum atomic E-state index is 13.1. The van der Waals surface area contributed by atoms with Crippen molar-refractivity contribution in [1.29, 1.82) is 0 Å². The topological polar surface area (TPSA) is 30.7 Å². The highest BCUT2D eigenvalue weighted by atomic mass is 19.1. The van der Waals surface area contributed by atoms with Crippen molar-refractivity contribution in [3.63, 3.8) is 0 Å². The third kappa shape index (κ3) is 0.809. The average Bonchev–Trinajstić information content (AvgIpc) is 2.42. The van der Waals surface area contributed by atoms with Crippen LogP contribution in [0.2, 0.25) is 0 Å². The van der Waals surface area contributed by atoms with Crippen LogP contribution in [0.3, 0.4) is 0 Å². The molecule has 0 saturated heterocycles. The van der Waals surface area contributed by atoms with Crippen molar-refractivity contribution >= 4 is 11.0 Å². The summed E-state index contributed by atoms with van der Waals surface area (Å²) in [7, 11) is 1.75. The highest BCUT2D eigenvalue weighted by Crippen LogP contribution is 2.17. The number of nitrogens with zero attached hydrogens (tertiary/aromatic N) is 3. The second kappa shape index (κ2) is 2.27. The van der Waals surface area contributed by atoms with Crippen molar-refractivity contribution in [2.75, 3.05) is 0 Å². The summed E-state index contributed by atoms with van der Waals surface area (Å²) in [6.07, 6.45) is 0. The minimum atomic E-state index is -0.316. The van der Waals surface area contributed by atoms with Gasteiger partial charge in [-0.15, -0.1) is 5.10 Å². The number of aromatic nitrogens is 3. The fraction of sp³-hybridized carbons (Fsp3) is 0.250. The molecule has 0 N–H and O–H groups in total. The molecule has 0 amide bonds. The maximum Gasteiger partial charge on any atom is 0.153 e. The largest absolute Gasteiger partial charge is 0.247 e. The summed E-state index contributed by atoms with van der Waals surface area (Å²) in [6, 6.07) is 3.13. The standard InChI is InChI=1S/C8H8FN3/c1-5-3-4-6(9)7-8(5)12(2)11-10-7/h3-4H,1-2H3. The Hall–Kier alpha value is -1.45. The number of halogens is 1. The zero-order chi connectivity index (χ0) is 8.72. The third-order valence-electron chi connectivity index (χ3n) is 1.91. The summed E-state index contributed by atoms with van der Waals surface area (Å²) < 4.78 is 14.6. The molecule has 0 saturated carbocycles. The number of hydrogen-bond donors (Lipinski definition) is 0. The smallest absolute Gasteiger partial charge is 0.153 e. The lowest BCUT2D eigenvalue weighted by atomic mass is 10.2. The predicted octanol–water partition coefficient (Wildman–Crippen LogP) is 1.42. The van der Waals surface area contributed by atoms with E-state index in [2.05, 4.69) is 10.3 Å². The monoisotopic (exact) mass is 165 g/mol. The van der Waals surface area contributed by atoms with Crippen LogP contribution in [0.25, 0.3) is 11.0 Å². The number of fused-ring (bicyclic) bond motifs is 1. The van der Waals surface area contributed by atoms with Gasteiger partial charge in [-0.3, -0.25) is 0 Å². The fourth-order valence-corrected chi connectivity index (χ4v) is 1.32. The van der Waals surface area contributed by atoms with Crippen molar-refractivity contribution < 1.29 is 4.39 Å². The fourth-order valence-electron chi connectivity index (χ4n) is 1.32. The molecular weight excluding hydrogens is 157 g/mol. The van der Waals surface area contributed by atoms with Gasteiger partial charge in [0.15, 0.2) is 5.82 Å². The van der Waals surface area contributed by atoms with Crippen LogP contribution < -0.4 is 0 Å². The summed E-state index contributed by atoms with van der Waals surface area (Å²) in [6.45, 7) is 1.91. The van der Waals surface area contributed by atoms with Crippen molar-refractivity contribution in [2.45, 2.75) is 6.92 Å². The Bertz CT molecular complexity index is 433. The molecule has 1 aromatic carbocycles. The van der Waals surface area contributed by atoms with Gasteiger partial charge >= 0.3 is 0 Å². The van der Waals surface area contributed by atoms with Crippen molar-refractivity contribution in [1.82, 2.24) is 15.0 Å². The molecule has 2 aromatic rings. The molecule has 0 aliphatic heterocycles. The molecule has 12 heavy (non-hydrogen) atoms. The van der Waals surface area contributed by atoms with Gasteiger partial charge in [0.05, 0.1) is 5.52 Å². The molecule has 0 bridgehead atoms. The van der Waals surface area contributed by atoms with Crippen molar-refractivity contribution in [3.05, 3.63) is 23.5 Å². The molecule has 0 spiro atoms. The van der Waals surface area contributed by atoms with E-state index in [0.29, 0.717) is 5.52 Å². The SMILES string of the molecule is Cc1ccc(F)c2nnn(C)c12. The first-order chi connectivity index (χ1) is 5.70. The zero-order valence-corrected chi connectivity index (χ0v) is 6.87. The number of benzene rings is 1. The number of rotatable bonds is 0. The van der Waals surface area contributed by atoms with Gasteiger partial charge in [0.1, 0.15) is 5.52 Å². The van der Waals surface area contributed by atoms with Gasteiger partial charge in [-0.25, -0.2) is 9.07 Å². The summed E-state index contributed by atoms with van der Waals surface area (Å²) in [4.78, 5) is 0. The van der Waals surface area contributed by atoms with Crippen LogP contribution in [0.15, 0.2) is 12.1 Å². The molecule has 3 nitrogen and oxygen atoms in total. The van der Waals surface area contributed by atoms with Gasteiger partial charge in [0, 0.05) is 7.05 Å². The summed E-state index contributed by atoms with van der Waals surface area (Å²) in [5.41, 5.74) is 2.09. The molecule has 1 heterocycles. The Labute approximate surface area is 68.8 Å². The molecular formula is C8H8FN3.